The highest BCUT2D eigenvalue weighted by Crippen LogP contribution is 2.28. The molecule has 2 aromatic heterocycles. The first kappa shape index (κ1) is 20.0. The molecular formula is C19H19N3O4S3. The van der Waals surface area contributed by atoms with Crippen molar-refractivity contribution in [1.29, 1.82) is 0 Å². The molecular weight excluding hydrogens is 430 g/mol. The van der Waals surface area contributed by atoms with Gasteiger partial charge in [0.25, 0.3) is 0 Å². The van der Waals surface area contributed by atoms with Gasteiger partial charge in [-0.15, -0.1) is 11.3 Å². The van der Waals surface area contributed by atoms with Crippen LogP contribution >= 0.6 is 22.7 Å². The van der Waals surface area contributed by atoms with E-state index < -0.39 is 9.84 Å². The number of aromatic nitrogens is 1. The zero-order valence-corrected chi connectivity index (χ0v) is 18.1. The fourth-order valence-corrected chi connectivity index (χ4v) is 5.74. The van der Waals surface area contributed by atoms with Crippen LogP contribution in [0.15, 0.2) is 34.5 Å². The molecule has 0 fully saturated rings. The van der Waals surface area contributed by atoms with E-state index in [1.807, 2.05) is 5.38 Å². The lowest BCUT2D eigenvalue weighted by atomic mass is 10.1. The molecule has 0 spiro atoms. The molecule has 0 atom stereocenters. The van der Waals surface area contributed by atoms with E-state index in [-0.39, 0.29) is 29.6 Å². The van der Waals surface area contributed by atoms with Crippen molar-refractivity contribution in [2.75, 3.05) is 18.1 Å². The average molecular weight is 450 g/mol. The summed E-state index contributed by atoms with van der Waals surface area (Å²) in [5.41, 5.74) is 1.82. The maximum Gasteiger partial charge on any atom is 0.226 e. The molecule has 0 aliphatic carbocycles. The number of anilines is 1. The Bertz CT molecular complexity index is 1200. The third kappa shape index (κ3) is 4.49. The number of hydrogen-bond donors (Lipinski definition) is 1. The van der Waals surface area contributed by atoms with Crippen molar-refractivity contribution in [1.82, 2.24) is 9.88 Å². The topological polar surface area (TPSA) is 96.4 Å². The van der Waals surface area contributed by atoms with Crippen molar-refractivity contribution in [3.63, 3.8) is 0 Å². The monoisotopic (exact) mass is 449 g/mol. The summed E-state index contributed by atoms with van der Waals surface area (Å²) in [6, 6.07) is 6.72. The number of nitrogens with zero attached hydrogens (tertiary/aromatic N) is 2. The van der Waals surface area contributed by atoms with E-state index in [2.05, 4.69) is 16.4 Å². The zero-order chi connectivity index (χ0) is 20.6. The number of benzene rings is 1. The number of thiophene rings is 1. The van der Waals surface area contributed by atoms with Crippen LogP contribution in [0.25, 0.3) is 10.2 Å². The summed E-state index contributed by atoms with van der Waals surface area (Å²) in [6.45, 7) is 1.30. The Morgan fingerprint density at radius 3 is 2.86 bits per heavy atom. The van der Waals surface area contributed by atoms with Gasteiger partial charge in [0.1, 0.15) is 0 Å². The molecule has 10 heteroatoms. The highest BCUT2D eigenvalue weighted by atomic mass is 32.2. The average Bonchev–Trinajstić information content (AvgIpc) is 3.29. The predicted octanol–water partition coefficient (Wildman–Crippen LogP) is 3.06. The fraction of sp³-hybridized carbons (Fsp3) is 0.316. The summed E-state index contributed by atoms with van der Waals surface area (Å²) in [6.07, 6.45) is 2.24. The largest absolute Gasteiger partial charge is 0.338 e. The molecule has 1 aromatic carbocycles. The Labute approximate surface area is 176 Å². The summed E-state index contributed by atoms with van der Waals surface area (Å²) in [7, 11) is -3.30. The summed E-state index contributed by atoms with van der Waals surface area (Å²) < 4.78 is 24.0. The van der Waals surface area contributed by atoms with Gasteiger partial charge in [-0.3, -0.25) is 9.59 Å². The lowest BCUT2D eigenvalue weighted by Gasteiger charge is -2.27. The van der Waals surface area contributed by atoms with Crippen LogP contribution < -0.4 is 5.32 Å². The maximum atomic E-state index is 12.4. The quantitative estimate of drug-likeness (QED) is 0.646. The second-order valence-electron chi connectivity index (χ2n) is 6.90. The summed E-state index contributed by atoms with van der Waals surface area (Å²) in [4.78, 5) is 32.3. The van der Waals surface area contributed by atoms with Gasteiger partial charge in [0.2, 0.25) is 11.8 Å². The van der Waals surface area contributed by atoms with Gasteiger partial charge in [-0.2, -0.15) is 0 Å². The van der Waals surface area contributed by atoms with Crippen molar-refractivity contribution in [2.24, 2.45) is 0 Å². The standard InChI is InChI=1S/C19H19N3O4S3/c1-29(25,26)13-2-3-14-16(10-13)28-19(20-14)21-17(23)4-5-18(24)22-8-6-15-12(11-22)7-9-27-15/h2-3,7,9-10H,4-6,8,11H2,1H3,(H,20,21,23). The van der Waals surface area contributed by atoms with Crippen molar-refractivity contribution >= 4 is 59.7 Å². The summed E-state index contributed by atoms with van der Waals surface area (Å²) >= 11 is 2.93. The number of sulfone groups is 1. The van der Waals surface area contributed by atoms with Crippen LogP contribution in [0.2, 0.25) is 0 Å². The second-order valence-corrected chi connectivity index (χ2v) is 11.0. The minimum absolute atomic E-state index is 0.0286. The van der Waals surface area contributed by atoms with Crippen molar-refractivity contribution in [2.45, 2.75) is 30.7 Å². The zero-order valence-electron chi connectivity index (χ0n) is 15.7. The van der Waals surface area contributed by atoms with Crippen LogP contribution in [-0.4, -0.2) is 42.9 Å². The molecule has 0 unspecified atom stereocenters. The molecule has 2 amide bonds. The van der Waals surface area contributed by atoms with E-state index in [9.17, 15) is 18.0 Å². The van der Waals surface area contributed by atoms with Gasteiger partial charge in [-0.1, -0.05) is 11.3 Å². The number of nitrogens with one attached hydrogen (secondary N) is 1. The van der Waals surface area contributed by atoms with E-state index >= 15 is 0 Å². The van der Waals surface area contributed by atoms with Gasteiger partial charge >= 0.3 is 0 Å². The summed E-state index contributed by atoms with van der Waals surface area (Å²) in [5.74, 6) is -0.312. The number of fused-ring (bicyclic) bond motifs is 2. The molecule has 0 bridgehead atoms. The van der Waals surface area contributed by atoms with Crippen LogP contribution in [0.3, 0.4) is 0 Å². The lowest BCUT2D eigenvalue weighted by Crippen LogP contribution is -2.35. The highest BCUT2D eigenvalue weighted by molar-refractivity contribution is 7.90. The first-order valence-electron chi connectivity index (χ1n) is 9.03. The number of hydrogen-bond acceptors (Lipinski definition) is 7. The Morgan fingerprint density at radius 2 is 2.07 bits per heavy atom. The molecule has 0 saturated heterocycles. The highest BCUT2D eigenvalue weighted by Gasteiger charge is 2.22. The molecule has 29 heavy (non-hydrogen) atoms. The molecule has 0 saturated carbocycles. The van der Waals surface area contributed by atoms with Crippen LogP contribution in [0, 0.1) is 0 Å². The number of rotatable bonds is 5. The second kappa shape index (κ2) is 7.85. The third-order valence-electron chi connectivity index (χ3n) is 4.76. The Morgan fingerprint density at radius 1 is 1.24 bits per heavy atom. The first-order chi connectivity index (χ1) is 13.8. The number of carbonyl (C=O) groups is 2. The maximum absolute atomic E-state index is 12.4. The van der Waals surface area contributed by atoms with Gasteiger partial charge in [0.05, 0.1) is 15.1 Å². The first-order valence-corrected chi connectivity index (χ1v) is 12.6. The fourth-order valence-electron chi connectivity index (χ4n) is 3.21. The van der Waals surface area contributed by atoms with E-state index in [1.54, 1.807) is 28.4 Å². The number of amides is 2. The van der Waals surface area contributed by atoms with Gasteiger partial charge in [0.15, 0.2) is 15.0 Å². The van der Waals surface area contributed by atoms with Gasteiger partial charge < -0.3 is 10.2 Å². The van der Waals surface area contributed by atoms with Crippen molar-refractivity contribution < 1.29 is 18.0 Å². The smallest absolute Gasteiger partial charge is 0.226 e. The molecule has 1 N–H and O–H groups in total. The van der Waals surface area contributed by atoms with E-state index in [1.165, 1.54) is 27.8 Å². The summed E-state index contributed by atoms with van der Waals surface area (Å²) in [5, 5.41) is 5.15. The van der Waals surface area contributed by atoms with Gasteiger partial charge in [0, 0.05) is 37.1 Å². The van der Waals surface area contributed by atoms with Crippen LogP contribution in [0.4, 0.5) is 5.13 Å². The van der Waals surface area contributed by atoms with Crippen LogP contribution in [0.5, 0.6) is 0 Å². The van der Waals surface area contributed by atoms with Crippen LogP contribution in [-0.2, 0) is 32.4 Å². The molecule has 152 valence electrons. The number of carbonyl (C=O) groups excluding carboxylic acids is 2. The number of thiazole rings is 1. The molecule has 0 radical (unpaired) electrons. The predicted molar refractivity (Wildman–Crippen MR) is 114 cm³/mol. The molecule has 7 nitrogen and oxygen atoms in total. The molecule has 1 aliphatic heterocycles. The van der Waals surface area contributed by atoms with E-state index in [4.69, 9.17) is 0 Å². The lowest BCUT2D eigenvalue weighted by molar-refractivity contribution is -0.133. The van der Waals surface area contributed by atoms with E-state index in [0.29, 0.717) is 28.4 Å². The van der Waals surface area contributed by atoms with Crippen molar-refractivity contribution in [3.05, 3.63) is 40.1 Å². The Balaban J connectivity index is 1.34. The Kier molecular flexibility index (Phi) is 5.41. The normalized spacial score (nSPS) is 14.0. The van der Waals surface area contributed by atoms with Gasteiger partial charge in [-0.05, 0) is 41.6 Å². The SMILES string of the molecule is CS(=O)(=O)c1ccc2nc(NC(=O)CCC(=O)N3CCc4sccc4C3)sc2c1. The van der Waals surface area contributed by atoms with Crippen LogP contribution in [0.1, 0.15) is 23.3 Å². The third-order valence-corrected chi connectivity index (χ3v) is 7.83. The molecule has 3 aromatic rings. The molecule has 4 rings (SSSR count). The molecule has 3 heterocycles. The minimum Gasteiger partial charge on any atom is -0.338 e. The van der Waals surface area contributed by atoms with Gasteiger partial charge in [-0.25, -0.2) is 13.4 Å². The minimum atomic E-state index is -3.30. The molecule has 1 aliphatic rings. The van der Waals surface area contributed by atoms with E-state index in [0.717, 1.165) is 12.7 Å². The Hall–Kier alpha value is -2.30. The van der Waals surface area contributed by atoms with Crippen molar-refractivity contribution in [3.8, 4) is 0 Å².